The van der Waals surface area contributed by atoms with Crippen LogP contribution >= 0.6 is 0 Å². The third-order valence-corrected chi connectivity index (χ3v) is 5.65. The first kappa shape index (κ1) is 19.7. The highest BCUT2D eigenvalue weighted by atomic mass is 32.2. The number of benzene rings is 1. The zero-order chi connectivity index (χ0) is 19.3. The van der Waals surface area contributed by atoms with Gasteiger partial charge in [-0.25, -0.2) is 12.7 Å². The molecule has 0 spiro atoms. The Hall–Kier alpha value is -2.58. The van der Waals surface area contributed by atoms with Crippen molar-refractivity contribution in [2.24, 2.45) is 0 Å². The van der Waals surface area contributed by atoms with E-state index in [2.05, 4.69) is 10.3 Å². The summed E-state index contributed by atoms with van der Waals surface area (Å²) in [4.78, 5) is 27.6. The Morgan fingerprint density at radius 1 is 1.04 bits per heavy atom. The number of carbonyl (C=O) groups is 2. The molecule has 2 aromatic rings. The van der Waals surface area contributed by atoms with Crippen LogP contribution in [0.4, 0.5) is 0 Å². The quantitative estimate of drug-likeness (QED) is 0.741. The summed E-state index contributed by atoms with van der Waals surface area (Å²) in [5.74, 6) is -0.547. The molecule has 0 aliphatic rings. The average Bonchev–Trinajstić information content (AvgIpc) is 2.61. The van der Waals surface area contributed by atoms with Crippen molar-refractivity contribution in [3.8, 4) is 11.3 Å². The summed E-state index contributed by atoms with van der Waals surface area (Å²) < 4.78 is 24.4. The van der Waals surface area contributed by atoms with Crippen molar-refractivity contribution in [2.45, 2.75) is 6.92 Å². The lowest BCUT2D eigenvalue weighted by atomic mass is 10.1. The fraction of sp³-hybridized carbons (Fsp3) is 0.278. The fourth-order valence-corrected chi connectivity index (χ4v) is 2.87. The van der Waals surface area contributed by atoms with Gasteiger partial charge >= 0.3 is 0 Å². The second-order valence-electron chi connectivity index (χ2n) is 5.92. The second-order valence-corrected chi connectivity index (χ2v) is 8.22. The van der Waals surface area contributed by atoms with Gasteiger partial charge in [0.1, 0.15) is 0 Å². The molecule has 0 bridgehead atoms. The van der Waals surface area contributed by atoms with Gasteiger partial charge in [0.2, 0.25) is 10.0 Å². The van der Waals surface area contributed by atoms with Crippen LogP contribution < -0.4 is 5.32 Å². The maximum Gasteiger partial charge on any atom is 0.251 e. The van der Waals surface area contributed by atoms with E-state index < -0.39 is 10.0 Å². The normalized spacial score (nSPS) is 11.4. The van der Waals surface area contributed by atoms with Crippen LogP contribution in [0.25, 0.3) is 11.3 Å². The Morgan fingerprint density at radius 3 is 2.15 bits per heavy atom. The van der Waals surface area contributed by atoms with Crippen LogP contribution in [0.2, 0.25) is 0 Å². The maximum absolute atomic E-state index is 12.1. The fourth-order valence-electron chi connectivity index (χ4n) is 2.14. The van der Waals surface area contributed by atoms with Crippen molar-refractivity contribution < 1.29 is 18.0 Å². The molecular weight excluding hydrogens is 354 g/mol. The molecule has 7 nitrogen and oxygen atoms in total. The van der Waals surface area contributed by atoms with Crippen LogP contribution in [0.1, 0.15) is 27.6 Å². The van der Waals surface area contributed by atoms with Gasteiger partial charge in [-0.1, -0.05) is 12.1 Å². The summed E-state index contributed by atoms with van der Waals surface area (Å²) in [6.45, 7) is 1.52. The first-order chi connectivity index (χ1) is 12.2. The Labute approximate surface area is 153 Å². The van der Waals surface area contributed by atoms with Crippen LogP contribution in [0.15, 0.2) is 42.6 Å². The summed E-state index contributed by atoms with van der Waals surface area (Å²) in [5, 5.41) is 2.59. The number of aromatic nitrogens is 1. The molecule has 0 saturated carbocycles. The van der Waals surface area contributed by atoms with Gasteiger partial charge in [-0.2, -0.15) is 0 Å². The standard InChI is InChI=1S/C18H21N3O4S/c1-13(22)16-8-9-17(20-12-16)14-4-6-15(7-5-14)18(23)19-10-11-26(24,25)21(2)3/h4-9,12H,10-11H2,1-3H3,(H,19,23). The summed E-state index contributed by atoms with van der Waals surface area (Å²) in [7, 11) is -0.440. The van der Waals surface area contributed by atoms with E-state index in [0.29, 0.717) is 16.8 Å². The third kappa shape index (κ3) is 4.96. The van der Waals surface area contributed by atoms with E-state index in [1.165, 1.54) is 27.2 Å². The SMILES string of the molecule is CC(=O)c1ccc(-c2ccc(C(=O)NCCS(=O)(=O)N(C)C)cc2)nc1. The molecule has 26 heavy (non-hydrogen) atoms. The lowest BCUT2D eigenvalue weighted by Gasteiger charge is -2.11. The van der Waals surface area contributed by atoms with Gasteiger partial charge in [-0.3, -0.25) is 14.6 Å². The molecule has 1 N–H and O–H groups in total. The largest absolute Gasteiger partial charge is 0.351 e. The van der Waals surface area contributed by atoms with E-state index in [4.69, 9.17) is 0 Å². The molecule has 2 rings (SSSR count). The number of Topliss-reactive ketones (excluding diaryl/α,β-unsaturated/α-hetero) is 1. The molecular formula is C18H21N3O4S. The van der Waals surface area contributed by atoms with E-state index >= 15 is 0 Å². The lowest BCUT2D eigenvalue weighted by Crippen LogP contribution is -2.33. The van der Waals surface area contributed by atoms with Crippen LogP contribution in [0, 0.1) is 0 Å². The highest BCUT2D eigenvalue weighted by molar-refractivity contribution is 7.89. The maximum atomic E-state index is 12.1. The van der Waals surface area contributed by atoms with Crippen molar-refractivity contribution in [3.05, 3.63) is 53.7 Å². The Morgan fingerprint density at radius 2 is 1.65 bits per heavy atom. The third-order valence-electron chi connectivity index (χ3n) is 3.81. The van der Waals surface area contributed by atoms with E-state index in [1.54, 1.807) is 36.4 Å². The molecule has 1 heterocycles. The number of nitrogens with one attached hydrogen (secondary N) is 1. The Balaban J connectivity index is 2.00. The molecule has 0 saturated heterocycles. The van der Waals surface area contributed by atoms with Crippen LogP contribution in [0.3, 0.4) is 0 Å². The predicted molar refractivity (Wildman–Crippen MR) is 99.5 cm³/mol. The summed E-state index contributed by atoms with van der Waals surface area (Å²) in [5.41, 5.74) is 2.47. The minimum absolute atomic E-state index is 0.0369. The summed E-state index contributed by atoms with van der Waals surface area (Å²) in [6.07, 6.45) is 1.52. The monoisotopic (exact) mass is 375 g/mol. The van der Waals surface area contributed by atoms with Crippen LogP contribution in [-0.2, 0) is 10.0 Å². The molecule has 0 radical (unpaired) electrons. The molecule has 0 unspecified atom stereocenters. The number of nitrogens with zero attached hydrogens (tertiary/aromatic N) is 2. The molecule has 138 valence electrons. The smallest absolute Gasteiger partial charge is 0.251 e. The number of rotatable bonds is 7. The zero-order valence-electron chi connectivity index (χ0n) is 14.9. The molecule has 1 aromatic heterocycles. The number of sulfonamides is 1. The van der Waals surface area contributed by atoms with Crippen molar-refractivity contribution in [2.75, 3.05) is 26.4 Å². The van der Waals surface area contributed by atoms with Gasteiger partial charge in [0.25, 0.3) is 5.91 Å². The molecule has 0 aliphatic heterocycles. The first-order valence-electron chi connectivity index (χ1n) is 7.96. The number of amides is 1. The molecule has 0 atom stereocenters. The van der Waals surface area contributed by atoms with Crippen LogP contribution in [-0.4, -0.2) is 55.8 Å². The van der Waals surface area contributed by atoms with Gasteiger partial charge in [0.15, 0.2) is 5.78 Å². The van der Waals surface area contributed by atoms with E-state index in [1.807, 2.05) is 0 Å². The van der Waals surface area contributed by atoms with E-state index in [-0.39, 0.29) is 24.0 Å². The number of hydrogen-bond donors (Lipinski definition) is 1. The Bertz CT molecular complexity index is 889. The van der Waals surface area contributed by atoms with Gasteiger partial charge in [-0.05, 0) is 31.2 Å². The van der Waals surface area contributed by atoms with E-state index in [0.717, 1.165) is 9.87 Å². The summed E-state index contributed by atoms with van der Waals surface area (Å²) in [6, 6.07) is 10.2. The number of pyridine rings is 1. The number of ketones is 1. The lowest BCUT2D eigenvalue weighted by molar-refractivity contribution is 0.0955. The van der Waals surface area contributed by atoms with Crippen molar-refractivity contribution in [3.63, 3.8) is 0 Å². The number of hydrogen-bond acceptors (Lipinski definition) is 5. The second kappa shape index (κ2) is 8.20. The molecule has 8 heteroatoms. The molecule has 1 amide bonds. The van der Waals surface area contributed by atoms with Gasteiger partial charge in [-0.15, -0.1) is 0 Å². The Kier molecular flexibility index (Phi) is 6.23. The van der Waals surface area contributed by atoms with E-state index in [9.17, 15) is 18.0 Å². The highest BCUT2D eigenvalue weighted by Crippen LogP contribution is 2.18. The topological polar surface area (TPSA) is 96.4 Å². The zero-order valence-corrected chi connectivity index (χ0v) is 15.7. The van der Waals surface area contributed by atoms with Gasteiger partial charge < -0.3 is 5.32 Å². The van der Waals surface area contributed by atoms with Crippen molar-refractivity contribution in [1.82, 2.24) is 14.6 Å². The minimum atomic E-state index is -3.34. The van der Waals surface area contributed by atoms with Crippen LogP contribution in [0.5, 0.6) is 0 Å². The van der Waals surface area contributed by atoms with Gasteiger partial charge in [0.05, 0.1) is 11.4 Å². The van der Waals surface area contributed by atoms with Gasteiger partial charge in [0, 0.05) is 43.5 Å². The molecule has 0 aliphatic carbocycles. The summed E-state index contributed by atoms with van der Waals surface area (Å²) >= 11 is 0. The number of carbonyl (C=O) groups excluding carboxylic acids is 2. The van der Waals surface area contributed by atoms with Crippen molar-refractivity contribution >= 4 is 21.7 Å². The van der Waals surface area contributed by atoms with Crippen molar-refractivity contribution in [1.29, 1.82) is 0 Å². The highest BCUT2D eigenvalue weighted by Gasteiger charge is 2.14. The average molecular weight is 375 g/mol. The minimum Gasteiger partial charge on any atom is -0.351 e. The molecule has 1 aromatic carbocycles. The first-order valence-corrected chi connectivity index (χ1v) is 9.57. The molecule has 0 fully saturated rings. The predicted octanol–water partition coefficient (Wildman–Crippen LogP) is 1.57.